The zero-order valence-corrected chi connectivity index (χ0v) is 32.9. The number of benzene rings is 4. The van der Waals surface area contributed by atoms with Gasteiger partial charge in [0.25, 0.3) is 30.4 Å². The summed E-state index contributed by atoms with van der Waals surface area (Å²) in [7, 11) is -15.5. The summed E-state index contributed by atoms with van der Waals surface area (Å²) < 4.78 is 126. The molecule has 2 heterocycles. The lowest BCUT2D eigenvalue weighted by atomic mass is 9.93. The lowest BCUT2D eigenvalue weighted by Gasteiger charge is -2.46. The van der Waals surface area contributed by atoms with Crippen molar-refractivity contribution in [3.8, 4) is 0 Å². The molecule has 2 fully saturated rings. The van der Waals surface area contributed by atoms with Crippen molar-refractivity contribution in [1.82, 2.24) is 0 Å². The molecule has 14 N–H and O–H groups in total. The summed E-state index contributed by atoms with van der Waals surface area (Å²) >= 11 is 0. The Hall–Kier alpha value is -3.11. The van der Waals surface area contributed by atoms with Gasteiger partial charge in [-0.05, 0) is 12.1 Å². The number of aliphatic hydroxyl groups excluding tert-OH is 10. The van der Waals surface area contributed by atoms with Crippen LogP contribution < -0.4 is 5.32 Å². The van der Waals surface area contributed by atoms with Gasteiger partial charge in [0.1, 0.15) is 75.7 Å². The van der Waals surface area contributed by atoms with Crippen molar-refractivity contribution in [2.45, 2.75) is 94.4 Å². The molecule has 2 saturated heterocycles. The maximum absolute atomic E-state index is 12.6. The van der Waals surface area contributed by atoms with E-state index in [0.29, 0.717) is 6.07 Å². The highest BCUT2D eigenvalue weighted by atomic mass is 32.2. The molecule has 27 heteroatoms. The van der Waals surface area contributed by atoms with E-state index in [9.17, 15) is 90.0 Å². The first-order chi connectivity index (χ1) is 27.9. The standard InChI is InChI=1S/C33H41NO23S3/c35-8-18-26(40)28(42)30(44)32(55-18)57-31-29(43)27(41)19(9-36)56-33(31)54-10-17(38)25(39)16(37)7-34-15-5-20(58(45,46)47)12-3-4-14-22(60(51,52)53)6-21(59(48,49)50)13-2-1-11(15)23(12)24(13)14/h1-6,16-19,25-44H,7-10H2,(H,45,46,47)(H,48,49,50)(H,51,52,53)/t16-,17-,18-,19-,25+,26-,27-,28+,29+,30+,31+,32-,33+/m1/s1. The number of anilines is 1. The van der Waals surface area contributed by atoms with Gasteiger partial charge in [-0.3, -0.25) is 13.7 Å². The van der Waals surface area contributed by atoms with Crippen LogP contribution >= 0.6 is 0 Å². The first-order valence-electron chi connectivity index (χ1n) is 17.6. The number of hydrogen-bond acceptors (Lipinski definition) is 21. The van der Waals surface area contributed by atoms with Gasteiger partial charge >= 0.3 is 0 Å². The summed E-state index contributed by atoms with van der Waals surface area (Å²) in [6, 6.07) is 5.88. The Balaban J connectivity index is 1.25. The number of hydrogen-bond donors (Lipinski definition) is 14. The minimum atomic E-state index is -5.18. The first kappa shape index (κ1) is 46.4. The fourth-order valence-corrected chi connectivity index (χ4v) is 9.46. The number of rotatable bonds is 15. The Kier molecular flexibility index (Phi) is 13.3. The summed E-state index contributed by atoms with van der Waals surface area (Å²) in [5.74, 6) is 0. The van der Waals surface area contributed by atoms with E-state index in [1.165, 1.54) is 6.07 Å². The fourth-order valence-electron chi connectivity index (χ4n) is 7.24. The maximum atomic E-state index is 12.6. The van der Waals surface area contributed by atoms with Crippen LogP contribution in [-0.4, -0.2) is 196 Å². The molecule has 4 aromatic rings. The zero-order chi connectivity index (χ0) is 44.4. The number of nitrogens with one attached hydrogen (secondary N) is 1. The molecule has 0 bridgehead atoms. The topological polar surface area (TPSA) is 414 Å². The Morgan fingerprint density at radius 2 is 1.05 bits per heavy atom. The molecule has 2 aliphatic heterocycles. The summed E-state index contributed by atoms with van der Waals surface area (Å²) in [5.41, 5.74) is -0.224. The fraction of sp³-hybridized carbons (Fsp3) is 0.515. The molecule has 0 unspecified atom stereocenters. The van der Waals surface area contributed by atoms with Crippen LogP contribution in [0.4, 0.5) is 5.69 Å². The molecule has 0 spiro atoms. The molecule has 334 valence electrons. The zero-order valence-electron chi connectivity index (χ0n) is 30.4. The molecule has 13 atom stereocenters. The molecule has 2 aliphatic rings. The second-order valence-electron chi connectivity index (χ2n) is 14.1. The van der Waals surface area contributed by atoms with Crippen LogP contribution in [0.5, 0.6) is 0 Å². The van der Waals surface area contributed by atoms with E-state index in [2.05, 4.69) is 5.32 Å². The van der Waals surface area contributed by atoms with Gasteiger partial charge in [-0.1, -0.05) is 24.3 Å². The lowest BCUT2D eigenvalue weighted by molar-refractivity contribution is -0.369. The van der Waals surface area contributed by atoms with E-state index in [-0.39, 0.29) is 38.0 Å². The van der Waals surface area contributed by atoms with Crippen LogP contribution in [0.1, 0.15) is 0 Å². The average molecular weight is 916 g/mol. The van der Waals surface area contributed by atoms with Crippen LogP contribution in [0.15, 0.2) is 51.1 Å². The largest absolute Gasteiger partial charge is 0.394 e. The molecule has 6 rings (SSSR count). The van der Waals surface area contributed by atoms with Gasteiger partial charge in [-0.25, -0.2) is 0 Å². The second kappa shape index (κ2) is 17.2. The maximum Gasteiger partial charge on any atom is 0.295 e. The van der Waals surface area contributed by atoms with E-state index in [0.717, 1.165) is 24.3 Å². The van der Waals surface area contributed by atoms with Crippen LogP contribution in [-0.2, 0) is 49.3 Å². The highest BCUT2D eigenvalue weighted by Gasteiger charge is 2.51. The van der Waals surface area contributed by atoms with Crippen molar-refractivity contribution in [2.24, 2.45) is 0 Å². The Morgan fingerprint density at radius 3 is 1.55 bits per heavy atom. The van der Waals surface area contributed by atoms with Gasteiger partial charge in [-0.15, -0.1) is 0 Å². The normalized spacial score (nSPS) is 29.9. The van der Waals surface area contributed by atoms with E-state index in [1.807, 2.05) is 0 Å². The van der Waals surface area contributed by atoms with Gasteiger partial charge in [0.15, 0.2) is 12.6 Å². The van der Waals surface area contributed by atoms with Gasteiger partial charge in [0.05, 0.1) is 25.9 Å². The van der Waals surface area contributed by atoms with Crippen molar-refractivity contribution >= 4 is 68.4 Å². The monoisotopic (exact) mass is 915 g/mol. The third kappa shape index (κ3) is 8.76. The summed E-state index contributed by atoms with van der Waals surface area (Å²) in [4.78, 5) is -2.74. The van der Waals surface area contributed by atoms with Crippen molar-refractivity contribution in [3.05, 3.63) is 36.4 Å². The first-order valence-corrected chi connectivity index (χ1v) is 21.9. The molecular weight excluding hydrogens is 875 g/mol. The Bertz CT molecular complexity index is 2490. The van der Waals surface area contributed by atoms with Gasteiger partial charge in [0, 0.05) is 44.5 Å². The summed E-state index contributed by atoms with van der Waals surface area (Å²) in [6.07, 6.45) is -24.1. The molecule has 0 amide bonds. The Morgan fingerprint density at radius 1 is 0.600 bits per heavy atom. The lowest BCUT2D eigenvalue weighted by Crippen LogP contribution is -2.64. The molecular formula is C33H41NO23S3. The molecule has 60 heavy (non-hydrogen) atoms. The smallest absolute Gasteiger partial charge is 0.295 e. The minimum absolute atomic E-state index is 0.00826. The van der Waals surface area contributed by atoms with Crippen molar-refractivity contribution in [3.63, 3.8) is 0 Å². The summed E-state index contributed by atoms with van der Waals surface area (Å²) in [6.45, 7) is -3.40. The van der Waals surface area contributed by atoms with Crippen LogP contribution in [0.3, 0.4) is 0 Å². The third-order valence-electron chi connectivity index (χ3n) is 10.3. The van der Waals surface area contributed by atoms with E-state index in [1.54, 1.807) is 0 Å². The van der Waals surface area contributed by atoms with Crippen LogP contribution in [0.2, 0.25) is 0 Å². The molecule has 24 nitrogen and oxygen atoms in total. The number of ether oxygens (including phenoxy) is 4. The van der Waals surface area contributed by atoms with E-state index < -0.39 is 151 Å². The third-order valence-corrected chi connectivity index (χ3v) is 13.0. The van der Waals surface area contributed by atoms with Crippen LogP contribution in [0.25, 0.3) is 32.3 Å². The SMILES string of the molecule is O=S(=O)(O)c1cc(NC[C@@H](O)[C@H](O)[C@H](O)CO[C@H]2O[C@H](CO)[C@@H](O)[C@H](O)[C@@H]2O[C@H]2O[C@H](CO)[C@@H](O)[C@H](O)[C@@H]2O)c2ccc3c(S(=O)(=O)O)cc(S(=O)(=O)O)c4ccc1c2c34. The van der Waals surface area contributed by atoms with Crippen LogP contribution in [0, 0.1) is 0 Å². The van der Waals surface area contributed by atoms with Crippen molar-refractivity contribution in [2.75, 3.05) is 31.7 Å². The quantitative estimate of drug-likeness (QED) is 0.0394. The second-order valence-corrected chi connectivity index (χ2v) is 18.3. The van der Waals surface area contributed by atoms with Gasteiger partial charge < -0.3 is 75.3 Å². The van der Waals surface area contributed by atoms with Crippen molar-refractivity contribution < 1.29 is 109 Å². The summed E-state index contributed by atoms with van der Waals surface area (Å²) in [5, 5.41) is 105. The van der Waals surface area contributed by atoms with Gasteiger partial charge in [-0.2, -0.15) is 25.3 Å². The minimum Gasteiger partial charge on any atom is -0.394 e. The average Bonchev–Trinajstić information content (AvgIpc) is 3.18. The predicted molar refractivity (Wildman–Crippen MR) is 198 cm³/mol. The Labute approximate surface area is 338 Å². The van der Waals surface area contributed by atoms with E-state index >= 15 is 0 Å². The highest BCUT2D eigenvalue weighted by Crippen LogP contribution is 2.44. The molecule has 0 aliphatic carbocycles. The van der Waals surface area contributed by atoms with Crippen molar-refractivity contribution in [1.29, 1.82) is 0 Å². The predicted octanol–water partition coefficient (Wildman–Crippen LogP) is -4.54. The van der Waals surface area contributed by atoms with E-state index in [4.69, 9.17) is 18.9 Å². The molecule has 4 aromatic carbocycles. The molecule has 0 radical (unpaired) electrons. The highest BCUT2D eigenvalue weighted by molar-refractivity contribution is 7.87. The molecule has 0 saturated carbocycles. The number of aliphatic hydroxyl groups is 10. The molecule has 0 aromatic heterocycles. The van der Waals surface area contributed by atoms with Gasteiger partial charge in [0.2, 0.25) is 0 Å².